The number of ether oxygens (including phenoxy) is 1. The summed E-state index contributed by atoms with van der Waals surface area (Å²) < 4.78 is 41.1. The van der Waals surface area contributed by atoms with Crippen molar-refractivity contribution in [2.24, 2.45) is 70.5 Å². The van der Waals surface area contributed by atoms with Crippen LogP contribution in [0.5, 0.6) is 0 Å². The molecule has 0 fully saturated rings. The number of anilines is 5. The fraction of sp³-hybridized carbons (Fsp3) is 0.160. The number of methoxy groups -OCH3 is 1. The summed E-state index contributed by atoms with van der Waals surface area (Å²) in [7, 11) is 15.8. The maximum absolute atomic E-state index is 13.0. The summed E-state index contributed by atoms with van der Waals surface area (Å²) in [4.78, 5) is 234. The van der Waals surface area contributed by atoms with Crippen LogP contribution < -0.4 is 82.8 Å². The molecular formula is C100H89FN30O18. The van der Waals surface area contributed by atoms with Gasteiger partial charge in [0, 0.05) is 111 Å². The second kappa shape index (κ2) is 43.5. The molecule has 14 aromatic heterocycles. The van der Waals surface area contributed by atoms with Gasteiger partial charge in [0.2, 0.25) is 35.4 Å². The quantitative estimate of drug-likeness (QED) is 0.0578. The summed E-state index contributed by atoms with van der Waals surface area (Å²) in [6.45, 7) is -0.770. The number of carbonyl (C=O) groups excluding carboxylic acids is 6. The molecule has 0 aliphatic carbocycles. The Morgan fingerprint density at radius 2 is 0.604 bits per heavy atom. The van der Waals surface area contributed by atoms with E-state index in [4.69, 9.17) is 9.26 Å². The molecule has 49 heteroatoms. The zero-order valence-electron chi connectivity index (χ0n) is 81.1. The molecule has 0 unspecified atom stereocenters. The molecule has 754 valence electrons. The number of esters is 1. The van der Waals surface area contributed by atoms with Crippen molar-refractivity contribution in [1.29, 1.82) is 0 Å². The minimum absolute atomic E-state index is 0.121. The summed E-state index contributed by atoms with van der Waals surface area (Å²) in [6, 6.07) is 57.5. The molecule has 0 aliphatic rings. The lowest BCUT2D eigenvalue weighted by atomic mass is 10.0. The molecule has 0 bridgehead atoms. The third kappa shape index (κ3) is 21.8. The number of fused-ring (bicyclic) bond motifs is 5. The van der Waals surface area contributed by atoms with E-state index in [2.05, 4.69) is 76.6 Å². The fourth-order valence-electron chi connectivity index (χ4n) is 15.7. The normalized spacial score (nSPS) is 11.0. The standard InChI is InChI=1S/C23H21N5O5.C20H17FN6O3.C20H18N6O3.C19H17N7O3.C18H16N6O4/c1-26-20-19(21(30)27(2)23(26)32)28(13-24-20)12-18(29)25-17-10-8-15(9-11-17)14-4-6-16(7-5-14)22(31)33-3;1-25-18-17(19(29)26(2)20(25)30)27(11-23-18)10-16(28)24-15-8-5-13(9-22-15)12-3-6-14(21)7-4-12;1-24-18-17(19(28)25(2)20(24)29)26(12-22-18)11-16(27)23-14-8-9-15(21-10-14)13-6-4-3-5-7-13;1-24-17-16(18(28)25(2)19(24)29)26(11-22-17)10-15(27)23-14-9-20-13(8-21-14)12-6-4-3-5-7-12;1-22-16-15(17(26)23(2)18(22)27)24(10-19-16)9-13(25)20-14-8-12(21-28-14)11-6-4-3-5-7-11/h4-11,13H,12H2,1-3H3,(H,25,29);3-9,11H,10H2,1-2H3,(H,22,24,28);3-10,12H,11H2,1-2H3,(H,23,27);3-9,11H,10H2,1-2H3,(H,21,23,27);3-8,10H,9H2,1-2H3,(H,20,25). The zero-order valence-corrected chi connectivity index (χ0v) is 81.1. The SMILES string of the molecule is COC(=O)c1ccc(-c2ccc(NC(=O)Cn3cnc4c3c(=O)n(C)c(=O)n4C)cc2)cc1.Cn1c(=O)c2c(ncn2CC(=O)Nc2cc(-c3ccccc3)no2)n(C)c1=O.Cn1c(=O)c2c(ncn2CC(=O)Nc2ccc(-c3ccc(F)cc3)cn2)n(C)c1=O.Cn1c(=O)c2c(ncn2CC(=O)Nc2ccc(-c3ccccc3)nc2)n(C)c1=O.Cn1c(=O)c2c(ncn2CC(=O)Nc2cnc(-c3ccccc3)cn2)n(C)c1=O. The van der Waals surface area contributed by atoms with Gasteiger partial charge in [0.05, 0.1) is 80.0 Å². The number of aromatic nitrogens is 25. The lowest BCUT2D eigenvalue weighted by Gasteiger charge is -2.09. The summed E-state index contributed by atoms with van der Waals surface area (Å²) in [5, 5.41) is 17.4. The summed E-state index contributed by atoms with van der Waals surface area (Å²) in [5.41, 5.74) is 6.82. The molecule has 0 spiro atoms. The number of halogens is 1. The van der Waals surface area contributed by atoms with Crippen molar-refractivity contribution in [2.45, 2.75) is 32.7 Å². The second-order valence-electron chi connectivity index (χ2n) is 33.5. The van der Waals surface area contributed by atoms with Crippen molar-refractivity contribution >= 4 is 120 Å². The molecule has 14 heterocycles. The smallest absolute Gasteiger partial charge is 0.337 e. The van der Waals surface area contributed by atoms with Gasteiger partial charge in [0.25, 0.3) is 27.8 Å². The number of carbonyl (C=O) groups is 6. The van der Waals surface area contributed by atoms with Crippen molar-refractivity contribution in [2.75, 3.05) is 33.7 Å². The predicted octanol–water partition coefficient (Wildman–Crippen LogP) is 5.19. The highest BCUT2D eigenvalue weighted by atomic mass is 19.1. The third-order valence-corrected chi connectivity index (χ3v) is 23.6. The van der Waals surface area contributed by atoms with Crippen molar-refractivity contribution in [3.63, 3.8) is 0 Å². The number of rotatable bonds is 21. The maximum atomic E-state index is 13.0. The molecule has 6 aromatic carbocycles. The Morgan fingerprint density at radius 1 is 0.289 bits per heavy atom. The van der Waals surface area contributed by atoms with Gasteiger partial charge in [-0.05, 0) is 77.4 Å². The van der Waals surface area contributed by atoms with Gasteiger partial charge in [-0.25, -0.2) is 68.0 Å². The van der Waals surface area contributed by atoms with E-state index in [-0.39, 0.29) is 112 Å². The number of nitrogens with one attached hydrogen (secondary N) is 5. The average molecular weight is 2020 g/mol. The topological polar surface area (TPSA) is 558 Å². The highest BCUT2D eigenvalue weighted by Gasteiger charge is 2.25. The van der Waals surface area contributed by atoms with Gasteiger partial charge in [0.15, 0.2) is 61.6 Å². The van der Waals surface area contributed by atoms with Gasteiger partial charge < -0.3 is 53.4 Å². The van der Waals surface area contributed by atoms with Crippen LogP contribution in [0.25, 0.3) is 112 Å². The molecule has 0 saturated carbocycles. The number of benzene rings is 6. The van der Waals surface area contributed by atoms with E-state index >= 15 is 0 Å². The number of nitrogens with zero attached hydrogens (tertiary/aromatic N) is 25. The van der Waals surface area contributed by atoms with Crippen LogP contribution in [0.1, 0.15) is 10.4 Å². The van der Waals surface area contributed by atoms with E-state index < -0.39 is 79.9 Å². The van der Waals surface area contributed by atoms with Crippen LogP contribution in [-0.2, 0) is 132 Å². The monoisotopic (exact) mass is 2020 g/mol. The van der Waals surface area contributed by atoms with Gasteiger partial charge in [-0.2, -0.15) is 0 Å². The molecule has 0 saturated heterocycles. The zero-order chi connectivity index (χ0) is 106. The summed E-state index contributed by atoms with van der Waals surface area (Å²) in [5.74, 6) is -1.83. The molecule has 48 nitrogen and oxygen atoms in total. The molecule has 5 amide bonds. The first kappa shape index (κ1) is 101. The Kier molecular flexibility index (Phi) is 29.6. The van der Waals surface area contributed by atoms with Gasteiger partial charge >= 0.3 is 34.4 Å². The minimum Gasteiger partial charge on any atom is -0.465 e. The second-order valence-corrected chi connectivity index (χ2v) is 33.5. The average Bonchev–Trinajstić information content (AvgIpc) is 1.66. The molecule has 149 heavy (non-hydrogen) atoms. The Bertz CT molecular complexity index is 9040. The van der Waals surface area contributed by atoms with Gasteiger partial charge in [-0.1, -0.05) is 133 Å². The first-order valence-corrected chi connectivity index (χ1v) is 45.0. The minimum atomic E-state index is -0.528. The van der Waals surface area contributed by atoms with Crippen LogP contribution >= 0.6 is 0 Å². The van der Waals surface area contributed by atoms with E-state index in [1.807, 2.05) is 121 Å². The first-order chi connectivity index (χ1) is 71.5. The molecule has 0 radical (unpaired) electrons. The first-order valence-electron chi connectivity index (χ1n) is 45.0. The third-order valence-electron chi connectivity index (χ3n) is 23.6. The van der Waals surface area contributed by atoms with Crippen molar-refractivity contribution in [1.82, 2.24) is 119 Å². The molecule has 0 atom stereocenters. The maximum Gasteiger partial charge on any atom is 0.337 e. The van der Waals surface area contributed by atoms with Gasteiger partial charge in [-0.15, -0.1) is 0 Å². The Morgan fingerprint density at radius 3 is 0.960 bits per heavy atom. The number of pyridine rings is 2. The largest absolute Gasteiger partial charge is 0.465 e. The van der Waals surface area contributed by atoms with Crippen molar-refractivity contribution in [3.05, 3.63) is 366 Å². The Balaban J connectivity index is 0.000000133. The number of imidazole rings is 5. The van der Waals surface area contributed by atoms with Crippen LogP contribution in [0.2, 0.25) is 0 Å². The van der Waals surface area contributed by atoms with Crippen LogP contribution in [0.4, 0.5) is 33.3 Å². The van der Waals surface area contributed by atoms with E-state index in [0.29, 0.717) is 40.0 Å². The Labute approximate surface area is 836 Å². The molecule has 0 aliphatic heterocycles. The van der Waals surface area contributed by atoms with Gasteiger partial charge in [-0.3, -0.25) is 109 Å². The number of amides is 5. The molecule has 5 N–H and O–H groups in total. The summed E-state index contributed by atoms with van der Waals surface area (Å²) in [6.07, 6.45) is 13.0. The van der Waals surface area contributed by atoms with Crippen LogP contribution in [-0.4, -0.2) is 161 Å². The van der Waals surface area contributed by atoms with E-state index in [1.54, 1.807) is 79.3 Å². The van der Waals surface area contributed by atoms with E-state index in [1.165, 1.54) is 173 Å². The van der Waals surface area contributed by atoms with Gasteiger partial charge in [0.1, 0.15) is 50.1 Å². The number of hydrogen-bond donors (Lipinski definition) is 5. The van der Waals surface area contributed by atoms with E-state index in [0.717, 1.165) is 67.5 Å². The van der Waals surface area contributed by atoms with Crippen molar-refractivity contribution in [3.8, 4) is 56.0 Å². The molecule has 20 rings (SSSR count). The fourth-order valence-corrected chi connectivity index (χ4v) is 15.7. The predicted molar refractivity (Wildman–Crippen MR) is 546 cm³/mol. The van der Waals surface area contributed by atoms with Crippen LogP contribution in [0, 0.1) is 5.82 Å². The highest BCUT2D eigenvalue weighted by molar-refractivity contribution is 5.95. The van der Waals surface area contributed by atoms with E-state index in [9.17, 15) is 81.1 Å². The van der Waals surface area contributed by atoms with Crippen LogP contribution in [0.15, 0.2) is 303 Å². The Hall–Kier alpha value is -20.6. The lowest BCUT2D eigenvalue weighted by molar-refractivity contribution is -0.117. The lowest BCUT2D eigenvalue weighted by Crippen LogP contribution is -2.37. The highest BCUT2D eigenvalue weighted by Crippen LogP contribution is 2.27. The number of aryl methyl sites for hydroxylation is 5. The van der Waals surface area contributed by atoms with Crippen molar-refractivity contribution < 1.29 is 42.4 Å². The van der Waals surface area contributed by atoms with Crippen LogP contribution in [0.3, 0.4) is 0 Å². The molecular weight excluding hydrogens is 1930 g/mol. The number of hydrogen-bond acceptors (Lipinski definition) is 28. The summed E-state index contributed by atoms with van der Waals surface area (Å²) >= 11 is 0. The molecule has 20 aromatic rings.